The Labute approximate surface area is 108 Å². The molecule has 0 amide bonds. The van der Waals surface area contributed by atoms with Crippen molar-refractivity contribution in [2.45, 2.75) is 25.4 Å². The van der Waals surface area contributed by atoms with Gasteiger partial charge in [-0.05, 0) is 6.42 Å². The third-order valence-electron chi connectivity index (χ3n) is 3.85. The number of ether oxygens (including phenoxy) is 1. The first-order chi connectivity index (χ1) is 9.00. The van der Waals surface area contributed by atoms with Crippen LogP contribution in [0.25, 0.3) is 0 Å². The minimum absolute atomic E-state index is 0.0402. The molecule has 102 valence electrons. The summed E-state index contributed by atoms with van der Waals surface area (Å²) in [6, 6.07) is -0.349. The van der Waals surface area contributed by atoms with Crippen LogP contribution in [0.3, 0.4) is 0 Å². The first-order valence-corrected chi connectivity index (χ1v) is 6.22. The van der Waals surface area contributed by atoms with Gasteiger partial charge in [-0.1, -0.05) is 12.2 Å². The molecule has 1 aromatic heterocycles. The number of carbonyl (C=O) groups excluding carboxylic acids is 1. The Morgan fingerprint density at radius 2 is 2.00 bits per heavy atom. The normalized spacial score (nSPS) is 27.4. The number of rotatable bonds is 2. The molecule has 0 spiro atoms. The summed E-state index contributed by atoms with van der Waals surface area (Å²) >= 11 is 0. The maximum absolute atomic E-state index is 12.1. The lowest BCUT2D eigenvalue weighted by molar-refractivity contribution is -0.143. The van der Waals surface area contributed by atoms with E-state index in [1.807, 2.05) is 12.2 Å². The van der Waals surface area contributed by atoms with E-state index in [0.717, 1.165) is 4.57 Å². The Bertz CT molecular complexity index is 678. The monoisotopic (exact) mass is 265 g/mol. The van der Waals surface area contributed by atoms with Gasteiger partial charge in [0, 0.05) is 19.9 Å². The van der Waals surface area contributed by atoms with Crippen LogP contribution in [0.4, 0.5) is 0 Å². The molecule has 3 heterocycles. The number of aromatic nitrogens is 3. The van der Waals surface area contributed by atoms with E-state index in [-0.39, 0.29) is 42.0 Å². The Kier molecular flexibility index (Phi) is 2.51. The van der Waals surface area contributed by atoms with Gasteiger partial charge in [-0.3, -0.25) is 4.79 Å². The SMILES string of the molecule is CC(=O)OCC1CC2C=CC1n1c(=O)n(C)c(=O)n12. The molecule has 4 rings (SSSR count). The lowest BCUT2D eigenvalue weighted by Gasteiger charge is -2.39. The number of fused-ring (bicyclic) bond motifs is 1. The van der Waals surface area contributed by atoms with E-state index in [9.17, 15) is 14.4 Å². The molecule has 0 saturated heterocycles. The van der Waals surface area contributed by atoms with Gasteiger partial charge in [0.05, 0.1) is 18.7 Å². The molecule has 19 heavy (non-hydrogen) atoms. The molecule has 0 N–H and O–H groups in total. The van der Waals surface area contributed by atoms with Gasteiger partial charge in [0.1, 0.15) is 0 Å². The molecular weight excluding hydrogens is 250 g/mol. The minimum atomic E-state index is -0.330. The van der Waals surface area contributed by atoms with Gasteiger partial charge >= 0.3 is 17.3 Å². The molecule has 0 saturated carbocycles. The predicted octanol–water partition coefficient (Wildman–Crippen LogP) is -0.416. The van der Waals surface area contributed by atoms with Gasteiger partial charge in [0.15, 0.2) is 0 Å². The quantitative estimate of drug-likeness (QED) is 0.538. The molecule has 3 aliphatic rings. The summed E-state index contributed by atoms with van der Waals surface area (Å²) in [6.45, 7) is 1.64. The second-order valence-corrected chi connectivity index (χ2v) is 5.05. The number of hydrogen-bond acceptors (Lipinski definition) is 4. The van der Waals surface area contributed by atoms with Crippen molar-refractivity contribution in [2.24, 2.45) is 13.0 Å². The largest absolute Gasteiger partial charge is 0.465 e. The molecule has 3 unspecified atom stereocenters. The highest BCUT2D eigenvalue weighted by Gasteiger charge is 2.39. The van der Waals surface area contributed by atoms with Crippen LogP contribution >= 0.6 is 0 Å². The highest BCUT2D eigenvalue weighted by Crippen LogP contribution is 2.38. The topological polar surface area (TPSA) is 75.2 Å². The summed E-state index contributed by atoms with van der Waals surface area (Å²) in [5, 5.41) is 0. The summed E-state index contributed by atoms with van der Waals surface area (Å²) in [5.74, 6) is -0.290. The van der Waals surface area contributed by atoms with Crippen LogP contribution in [0, 0.1) is 5.92 Å². The van der Waals surface area contributed by atoms with Crippen molar-refractivity contribution < 1.29 is 9.53 Å². The van der Waals surface area contributed by atoms with Gasteiger partial charge in [0.25, 0.3) is 0 Å². The second-order valence-electron chi connectivity index (χ2n) is 5.05. The molecule has 3 atom stereocenters. The van der Waals surface area contributed by atoms with Gasteiger partial charge < -0.3 is 4.74 Å². The van der Waals surface area contributed by atoms with E-state index < -0.39 is 0 Å². The van der Waals surface area contributed by atoms with Crippen molar-refractivity contribution in [1.82, 2.24) is 13.9 Å². The Balaban J connectivity index is 2.02. The van der Waals surface area contributed by atoms with Gasteiger partial charge in [-0.25, -0.2) is 23.5 Å². The maximum Gasteiger partial charge on any atom is 0.347 e. The van der Waals surface area contributed by atoms with Crippen LogP contribution in [0.15, 0.2) is 21.7 Å². The number of nitrogens with zero attached hydrogens (tertiary/aromatic N) is 3. The fourth-order valence-electron chi connectivity index (χ4n) is 2.93. The van der Waals surface area contributed by atoms with Crippen LogP contribution in [-0.2, 0) is 16.6 Å². The van der Waals surface area contributed by atoms with E-state index in [1.165, 1.54) is 23.3 Å². The van der Waals surface area contributed by atoms with Crippen molar-refractivity contribution in [3.8, 4) is 0 Å². The number of allylic oxidation sites excluding steroid dienone is 2. The lowest BCUT2D eigenvalue weighted by atomic mass is 9.85. The van der Waals surface area contributed by atoms with Gasteiger partial charge in [0.2, 0.25) is 0 Å². The predicted molar refractivity (Wildman–Crippen MR) is 65.9 cm³/mol. The van der Waals surface area contributed by atoms with E-state index in [4.69, 9.17) is 4.74 Å². The molecule has 1 aromatic rings. The van der Waals surface area contributed by atoms with Crippen molar-refractivity contribution in [1.29, 1.82) is 0 Å². The third kappa shape index (κ3) is 1.61. The van der Waals surface area contributed by atoms with E-state index in [1.54, 1.807) is 0 Å². The summed E-state index contributed by atoms with van der Waals surface area (Å²) in [6.07, 6.45) is 4.57. The molecule has 2 bridgehead atoms. The number of esters is 1. The average Bonchev–Trinajstić information content (AvgIpc) is 2.64. The van der Waals surface area contributed by atoms with Gasteiger partial charge in [-0.2, -0.15) is 0 Å². The van der Waals surface area contributed by atoms with E-state index >= 15 is 0 Å². The summed E-state index contributed by atoms with van der Waals surface area (Å²) in [7, 11) is 1.48. The average molecular weight is 265 g/mol. The molecule has 7 heteroatoms. The standard InChI is InChI=1S/C12H15N3O4/c1-7(16)19-6-8-5-9-3-4-10(8)15-12(18)13(2)11(17)14(9)15/h3-4,8-10H,5-6H2,1-2H3. The first kappa shape index (κ1) is 12.0. The van der Waals surface area contributed by atoms with Crippen molar-refractivity contribution in [3.05, 3.63) is 33.1 Å². The first-order valence-electron chi connectivity index (χ1n) is 6.22. The summed E-state index contributed by atoms with van der Waals surface area (Å²) in [4.78, 5) is 34.9. The fourth-order valence-corrected chi connectivity index (χ4v) is 2.93. The minimum Gasteiger partial charge on any atom is -0.465 e. The van der Waals surface area contributed by atoms with E-state index in [2.05, 4.69) is 0 Å². The van der Waals surface area contributed by atoms with Crippen LogP contribution in [0.2, 0.25) is 0 Å². The third-order valence-corrected chi connectivity index (χ3v) is 3.85. The van der Waals surface area contributed by atoms with Crippen LogP contribution in [-0.4, -0.2) is 26.5 Å². The highest BCUT2D eigenvalue weighted by atomic mass is 16.5. The number of hydrogen-bond donors (Lipinski definition) is 0. The zero-order chi connectivity index (χ0) is 13.7. The molecular formula is C12H15N3O4. The lowest BCUT2D eigenvalue weighted by Crippen LogP contribution is -2.45. The van der Waals surface area contributed by atoms with Crippen LogP contribution < -0.4 is 11.4 Å². The summed E-state index contributed by atoms with van der Waals surface area (Å²) < 4.78 is 9.13. The Morgan fingerprint density at radius 3 is 2.68 bits per heavy atom. The molecule has 0 aromatic carbocycles. The van der Waals surface area contributed by atoms with Gasteiger partial charge in [-0.15, -0.1) is 0 Å². The van der Waals surface area contributed by atoms with Crippen molar-refractivity contribution >= 4 is 5.97 Å². The van der Waals surface area contributed by atoms with E-state index in [0.29, 0.717) is 6.42 Å². The highest BCUT2D eigenvalue weighted by molar-refractivity contribution is 5.65. The molecule has 0 radical (unpaired) electrons. The zero-order valence-electron chi connectivity index (χ0n) is 10.8. The van der Waals surface area contributed by atoms with Crippen molar-refractivity contribution in [2.75, 3.05) is 6.61 Å². The fraction of sp³-hybridized carbons (Fsp3) is 0.583. The summed E-state index contributed by atoms with van der Waals surface area (Å²) in [5.41, 5.74) is -0.618. The van der Waals surface area contributed by atoms with Crippen molar-refractivity contribution in [3.63, 3.8) is 0 Å². The maximum atomic E-state index is 12.1. The zero-order valence-corrected chi connectivity index (χ0v) is 10.8. The molecule has 1 aliphatic carbocycles. The number of carbonyl (C=O) groups is 1. The van der Waals surface area contributed by atoms with Crippen LogP contribution in [0.5, 0.6) is 0 Å². The second kappa shape index (κ2) is 3.97. The Morgan fingerprint density at radius 1 is 1.32 bits per heavy atom. The van der Waals surface area contributed by atoms with Crippen LogP contribution in [0.1, 0.15) is 25.4 Å². The molecule has 0 fully saturated rings. The molecule has 2 aliphatic heterocycles. The molecule has 7 nitrogen and oxygen atoms in total. The Hall–Kier alpha value is -2.05. The smallest absolute Gasteiger partial charge is 0.347 e.